The second-order valence-electron chi connectivity index (χ2n) is 6.42. The van der Waals surface area contributed by atoms with Gasteiger partial charge in [0, 0.05) is 11.1 Å². The maximum Gasteiger partial charge on any atom is 0.286 e. The van der Waals surface area contributed by atoms with Gasteiger partial charge < -0.3 is 9.64 Å². The van der Waals surface area contributed by atoms with Gasteiger partial charge >= 0.3 is 0 Å². The summed E-state index contributed by atoms with van der Waals surface area (Å²) >= 11 is 0. The summed E-state index contributed by atoms with van der Waals surface area (Å²) < 4.78 is 7.41. The molecule has 22 heavy (non-hydrogen) atoms. The molecule has 1 aliphatic heterocycles. The number of carbonyl (C=O) groups is 1. The van der Waals surface area contributed by atoms with Crippen LogP contribution in [-0.4, -0.2) is 43.3 Å². The van der Waals surface area contributed by atoms with E-state index in [4.69, 9.17) is 4.74 Å². The summed E-state index contributed by atoms with van der Waals surface area (Å²) in [6, 6.07) is 8.39. The van der Waals surface area contributed by atoms with Crippen LogP contribution in [0.2, 0.25) is 0 Å². The van der Waals surface area contributed by atoms with E-state index >= 15 is 0 Å². The van der Waals surface area contributed by atoms with Gasteiger partial charge in [-0.15, -0.1) is 0 Å². The molecule has 1 N–H and O–H groups in total. The Morgan fingerprint density at radius 3 is 2.77 bits per heavy atom. The lowest BCUT2D eigenvalue weighted by molar-refractivity contribution is -0.899. The van der Waals surface area contributed by atoms with Gasteiger partial charge in [-0.25, -0.2) is 0 Å². The Labute approximate surface area is 130 Å². The fraction of sp³-hybridized carbons (Fsp3) is 0.500. The number of aryl methyl sites for hydroxylation is 1. The molecule has 0 unspecified atom stereocenters. The zero-order chi connectivity index (χ0) is 14.9. The Morgan fingerprint density at radius 1 is 1.14 bits per heavy atom. The second-order valence-corrected chi connectivity index (χ2v) is 6.42. The van der Waals surface area contributed by atoms with Crippen LogP contribution in [0.15, 0.2) is 24.3 Å². The molecular formula is C18H23N2O2+. The number of benzene rings is 1. The van der Waals surface area contributed by atoms with Gasteiger partial charge in [0.15, 0.2) is 6.54 Å². The Hall–Kier alpha value is -1.65. The monoisotopic (exact) mass is 299 g/mol. The molecule has 4 heteroatoms. The van der Waals surface area contributed by atoms with E-state index in [1.807, 2.05) is 10.6 Å². The van der Waals surface area contributed by atoms with Crippen LogP contribution >= 0.6 is 0 Å². The number of nitrogens with one attached hydrogen (secondary N) is 1. The predicted molar refractivity (Wildman–Crippen MR) is 85.6 cm³/mol. The van der Waals surface area contributed by atoms with E-state index in [1.165, 1.54) is 34.4 Å². The van der Waals surface area contributed by atoms with Crippen LogP contribution in [-0.2, 0) is 17.6 Å². The minimum atomic E-state index is 0.247. The zero-order valence-electron chi connectivity index (χ0n) is 12.9. The van der Waals surface area contributed by atoms with Crippen molar-refractivity contribution in [1.29, 1.82) is 0 Å². The molecule has 2 heterocycles. The Morgan fingerprint density at radius 2 is 1.91 bits per heavy atom. The Kier molecular flexibility index (Phi) is 3.72. The number of hydrogen-bond donors (Lipinski definition) is 1. The molecule has 116 valence electrons. The molecule has 0 saturated carbocycles. The molecule has 1 fully saturated rings. The van der Waals surface area contributed by atoms with Crippen LogP contribution in [0.3, 0.4) is 0 Å². The molecule has 1 saturated heterocycles. The summed E-state index contributed by atoms with van der Waals surface area (Å²) in [6.07, 6.45) is 4.58. The summed E-state index contributed by atoms with van der Waals surface area (Å²) in [7, 11) is 0. The molecule has 0 atom stereocenters. The first-order chi connectivity index (χ1) is 10.8. The van der Waals surface area contributed by atoms with E-state index in [1.54, 1.807) is 0 Å². The van der Waals surface area contributed by atoms with E-state index in [0.717, 1.165) is 44.7 Å². The summed E-state index contributed by atoms with van der Waals surface area (Å²) in [5.41, 5.74) is 3.78. The maximum absolute atomic E-state index is 13.0. The van der Waals surface area contributed by atoms with Crippen LogP contribution < -0.4 is 4.90 Å². The Bertz CT molecular complexity index is 698. The summed E-state index contributed by atoms with van der Waals surface area (Å²) in [5.74, 6) is 0.247. The summed E-state index contributed by atoms with van der Waals surface area (Å²) in [6.45, 7) is 4.00. The van der Waals surface area contributed by atoms with Crippen LogP contribution in [0, 0.1) is 0 Å². The van der Waals surface area contributed by atoms with E-state index < -0.39 is 0 Å². The molecule has 2 aliphatic rings. The van der Waals surface area contributed by atoms with Gasteiger partial charge in [0.1, 0.15) is 13.1 Å². The topological polar surface area (TPSA) is 35.7 Å². The molecule has 0 bridgehead atoms. The third kappa shape index (κ3) is 2.36. The van der Waals surface area contributed by atoms with Crippen molar-refractivity contribution in [3.8, 4) is 0 Å². The molecule has 1 aromatic heterocycles. The van der Waals surface area contributed by atoms with Gasteiger partial charge in [0.2, 0.25) is 0 Å². The van der Waals surface area contributed by atoms with Crippen molar-refractivity contribution in [2.45, 2.75) is 25.7 Å². The van der Waals surface area contributed by atoms with Crippen molar-refractivity contribution in [3.05, 3.63) is 35.5 Å². The lowest BCUT2D eigenvalue weighted by atomic mass is 9.95. The molecule has 1 aliphatic carbocycles. The van der Waals surface area contributed by atoms with Crippen LogP contribution in [0.4, 0.5) is 0 Å². The number of quaternary nitrogens is 1. The highest BCUT2D eigenvalue weighted by molar-refractivity contribution is 5.96. The van der Waals surface area contributed by atoms with Gasteiger partial charge in [-0.2, -0.15) is 0 Å². The molecule has 4 rings (SSSR count). The van der Waals surface area contributed by atoms with E-state index in [9.17, 15) is 4.79 Å². The number of aromatic nitrogens is 1. The fourth-order valence-electron chi connectivity index (χ4n) is 3.91. The SMILES string of the molecule is O=C(C[NH+]1CCOCC1)n1c2c(c3ccccc31)CCCC2. The average Bonchev–Trinajstić information content (AvgIpc) is 2.90. The highest BCUT2D eigenvalue weighted by Crippen LogP contribution is 2.31. The van der Waals surface area contributed by atoms with Crippen molar-refractivity contribution in [2.24, 2.45) is 0 Å². The smallest absolute Gasteiger partial charge is 0.286 e. The van der Waals surface area contributed by atoms with Crippen LogP contribution in [0.5, 0.6) is 0 Å². The number of morpholine rings is 1. The lowest BCUT2D eigenvalue weighted by Crippen LogP contribution is -3.15. The normalized spacial score (nSPS) is 19.3. The third-order valence-corrected chi connectivity index (χ3v) is 5.03. The maximum atomic E-state index is 13.0. The quantitative estimate of drug-likeness (QED) is 0.900. The van der Waals surface area contributed by atoms with E-state index in [2.05, 4.69) is 18.2 Å². The van der Waals surface area contributed by atoms with Crippen molar-refractivity contribution >= 4 is 16.8 Å². The molecule has 2 aromatic rings. The number of para-hydroxylation sites is 1. The van der Waals surface area contributed by atoms with Gasteiger partial charge in [-0.05, 0) is 37.3 Å². The van der Waals surface area contributed by atoms with Crippen LogP contribution in [0.1, 0.15) is 28.9 Å². The zero-order valence-corrected chi connectivity index (χ0v) is 12.9. The fourth-order valence-corrected chi connectivity index (χ4v) is 3.91. The first-order valence-electron chi connectivity index (χ1n) is 8.40. The standard InChI is InChI=1S/C18H22N2O2/c21-18(13-19-9-11-22-12-10-19)20-16-7-3-1-5-14(16)15-6-2-4-8-17(15)20/h1,3,5,7H,2,4,6,8-13H2/p+1. The van der Waals surface area contributed by atoms with E-state index in [-0.39, 0.29) is 5.91 Å². The molecule has 1 aromatic carbocycles. The predicted octanol–water partition coefficient (Wildman–Crippen LogP) is 1.08. The average molecular weight is 299 g/mol. The van der Waals surface area contributed by atoms with Gasteiger partial charge in [-0.1, -0.05) is 18.2 Å². The number of fused-ring (bicyclic) bond motifs is 3. The largest absolute Gasteiger partial charge is 0.370 e. The molecule has 0 amide bonds. The minimum absolute atomic E-state index is 0.247. The number of hydrogen-bond acceptors (Lipinski definition) is 2. The van der Waals surface area contributed by atoms with Crippen molar-refractivity contribution in [3.63, 3.8) is 0 Å². The molecule has 0 spiro atoms. The molecule has 0 radical (unpaired) electrons. The lowest BCUT2D eigenvalue weighted by Gasteiger charge is -2.24. The number of rotatable bonds is 2. The first-order valence-corrected chi connectivity index (χ1v) is 8.40. The number of nitrogens with zero attached hydrogens (tertiary/aromatic N) is 1. The molecular weight excluding hydrogens is 276 g/mol. The van der Waals surface area contributed by atoms with Crippen molar-refractivity contribution in [1.82, 2.24) is 4.57 Å². The second kappa shape index (κ2) is 5.86. The number of carbonyl (C=O) groups excluding carboxylic acids is 1. The summed E-state index contributed by atoms with van der Waals surface area (Å²) in [5, 5.41) is 1.28. The number of ether oxygens (including phenoxy) is 1. The van der Waals surface area contributed by atoms with Crippen molar-refractivity contribution in [2.75, 3.05) is 32.8 Å². The van der Waals surface area contributed by atoms with E-state index in [0.29, 0.717) is 6.54 Å². The first kappa shape index (κ1) is 14.0. The third-order valence-electron chi connectivity index (χ3n) is 5.03. The van der Waals surface area contributed by atoms with Gasteiger partial charge in [0.05, 0.1) is 18.7 Å². The van der Waals surface area contributed by atoms with Crippen LogP contribution in [0.25, 0.3) is 10.9 Å². The van der Waals surface area contributed by atoms with Gasteiger partial charge in [-0.3, -0.25) is 9.36 Å². The van der Waals surface area contributed by atoms with Crippen molar-refractivity contribution < 1.29 is 14.4 Å². The summed E-state index contributed by atoms with van der Waals surface area (Å²) in [4.78, 5) is 14.3. The van der Waals surface area contributed by atoms with Gasteiger partial charge in [0.25, 0.3) is 5.91 Å². The highest BCUT2D eigenvalue weighted by atomic mass is 16.5. The molecule has 4 nitrogen and oxygen atoms in total. The minimum Gasteiger partial charge on any atom is -0.370 e. The Balaban J connectivity index is 1.72. The highest BCUT2D eigenvalue weighted by Gasteiger charge is 2.26.